The molecule has 0 aromatic rings. The number of allylic oxidation sites excluding steroid dienone is 2. The first-order valence-electron chi connectivity index (χ1n) is 18.8. The maximum Gasteiger partial charge on any atom is 0.312 e. The van der Waals surface area contributed by atoms with Gasteiger partial charge in [-0.05, 0) is 57.8 Å². The average Bonchev–Trinajstić information content (AvgIpc) is 3.01. The topological polar surface area (TPSA) is 112 Å². The summed E-state index contributed by atoms with van der Waals surface area (Å²) in [7, 11) is 0. The van der Waals surface area contributed by atoms with E-state index in [2.05, 4.69) is 19.1 Å². The fourth-order valence-electron chi connectivity index (χ4n) is 6.62. The molecule has 0 radical (unpaired) electrons. The maximum absolute atomic E-state index is 12.0. The zero-order valence-corrected chi connectivity index (χ0v) is 29.8. The highest BCUT2D eigenvalue weighted by atomic mass is 16.4. The van der Waals surface area contributed by atoms with Gasteiger partial charge in [0.1, 0.15) is 17.8 Å². The van der Waals surface area contributed by atoms with Crippen LogP contribution in [0.4, 0.5) is 0 Å². The van der Waals surface area contributed by atoms with Crippen molar-refractivity contribution in [1.82, 2.24) is 0 Å². The van der Waals surface area contributed by atoms with Gasteiger partial charge < -0.3 is 19.8 Å². The average molecular weight is 639 g/mol. The Morgan fingerprint density at radius 1 is 0.467 bits per heavy atom. The van der Waals surface area contributed by atoms with Crippen molar-refractivity contribution >= 4 is 17.9 Å². The highest BCUT2D eigenvalue weighted by Crippen LogP contribution is 2.25. The molecule has 0 saturated carbocycles. The lowest BCUT2D eigenvalue weighted by molar-refractivity contribution is -0.935. The van der Waals surface area contributed by atoms with Crippen LogP contribution in [-0.4, -0.2) is 63.9 Å². The van der Waals surface area contributed by atoms with Crippen molar-refractivity contribution in [2.24, 2.45) is 17.8 Å². The minimum absolute atomic E-state index is 0.259. The van der Waals surface area contributed by atoms with Gasteiger partial charge in [0, 0.05) is 0 Å². The van der Waals surface area contributed by atoms with Gasteiger partial charge in [0.15, 0.2) is 0 Å². The van der Waals surface area contributed by atoms with Crippen molar-refractivity contribution in [3.8, 4) is 0 Å². The van der Waals surface area contributed by atoms with E-state index in [1.807, 2.05) is 20.8 Å². The molecule has 0 amide bonds. The Labute approximate surface area is 276 Å². The Bertz CT molecular complexity index is 722. The van der Waals surface area contributed by atoms with Crippen molar-refractivity contribution in [3.63, 3.8) is 0 Å². The summed E-state index contributed by atoms with van der Waals surface area (Å²) in [6, 6.07) is 0. The standard InChI is InChI=1S/C38H71NO6/c1-5-9-10-11-12-13-14-15-16-17-18-19-20-21-22-23-24-25-26-27-28-29-39(30-33(6-2)36(40)41,31-34(7-3)37(42)43)32-35(8-4)38(44)45/h15-16,33-35H,5-14,17-32H2,1-4H3,(H2-,40,41,42,43,44,45)/p+1/b16-15+. The molecule has 3 unspecified atom stereocenters. The predicted octanol–water partition coefficient (Wildman–Crippen LogP) is 10.1. The van der Waals surface area contributed by atoms with Gasteiger partial charge in [0.25, 0.3) is 0 Å². The second kappa shape index (κ2) is 28.3. The summed E-state index contributed by atoms with van der Waals surface area (Å²) in [6.45, 7) is 9.27. The minimum atomic E-state index is -0.887. The quantitative estimate of drug-likeness (QED) is 0.0375. The predicted molar refractivity (Wildman–Crippen MR) is 187 cm³/mol. The molecule has 3 N–H and O–H groups in total. The summed E-state index contributed by atoms with van der Waals surface area (Å²) in [5.74, 6) is -4.51. The number of aliphatic carboxylic acids is 3. The van der Waals surface area contributed by atoms with E-state index in [1.165, 1.54) is 103 Å². The van der Waals surface area contributed by atoms with E-state index in [1.54, 1.807) is 0 Å². The van der Waals surface area contributed by atoms with Crippen molar-refractivity contribution in [2.75, 3.05) is 26.2 Å². The molecule has 0 aliphatic carbocycles. The first kappa shape index (κ1) is 43.1. The first-order chi connectivity index (χ1) is 21.7. The number of rotatable bonds is 33. The van der Waals surface area contributed by atoms with Crippen LogP contribution in [0.5, 0.6) is 0 Å². The highest BCUT2D eigenvalue weighted by molar-refractivity contribution is 5.71. The second-order valence-corrected chi connectivity index (χ2v) is 13.6. The molecule has 0 aliphatic rings. The molecule has 0 aliphatic heterocycles. The van der Waals surface area contributed by atoms with Gasteiger partial charge >= 0.3 is 17.9 Å². The first-order valence-corrected chi connectivity index (χ1v) is 18.8. The third-order valence-corrected chi connectivity index (χ3v) is 9.74. The van der Waals surface area contributed by atoms with E-state index in [4.69, 9.17) is 0 Å². The van der Waals surface area contributed by atoms with Crippen LogP contribution in [0, 0.1) is 17.8 Å². The Morgan fingerprint density at radius 3 is 1.04 bits per heavy atom. The molecular formula is C38H72NO6+. The van der Waals surface area contributed by atoms with Crippen molar-refractivity contribution < 1.29 is 34.2 Å². The van der Waals surface area contributed by atoms with E-state index in [0.717, 1.165) is 19.3 Å². The second-order valence-electron chi connectivity index (χ2n) is 13.6. The van der Waals surface area contributed by atoms with Gasteiger partial charge in [-0.2, -0.15) is 0 Å². The fourth-order valence-corrected chi connectivity index (χ4v) is 6.62. The van der Waals surface area contributed by atoms with E-state index >= 15 is 0 Å². The minimum Gasteiger partial charge on any atom is -0.481 e. The summed E-state index contributed by atoms with van der Waals surface area (Å²) in [5, 5.41) is 29.5. The normalized spacial score (nSPS) is 15.1. The number of hydrogen-bond acceptors (Lipinski definition) is 3. The fraction of sp³-hybridized carbons (Fsp3) is 0.868. The van der Waals surface area contributed by atoms with Crippen LogP contribution in [0.25, 0.3) is 0 Å². The van der Waals surface area contributed by atoms with Crippen LogP contribution < -0.4 is 0 Å². The molecule has 7 nitrogen and oxygen atoms in total. The smallest absolute Gasteiger partial charge is 0.312 e. The molecule has 0 bridgehead atoms. The monoisotopic (exact) mass is 639 g/mol. The number of carboxylic acids is 3. The van der Waals surface area contributed by atoms with Crippen molar-refractivity contribution in [2.45, 2.75) is 169 Å². The highest BCUT2D eigenvalue weighted by Gasteiger charge is 2.40. The third kappa shape index (κ3) is 22.3. The molecule has 3 atom stereocenters. The lowest BCUT2D eigenvalue weighted by atomic mass is 9.95. The van der Waals surface area contributed by atoms with Crippen LogP contribution in [0.15, 0.2) is 12.2 Å². The Morgan fingerprint density at radius 2 is 0.756 bits per heavy atom. The Hall–Kier alpha value is -1.89. The molecule has 0 spiro atoms. The summed E-state index contributed by atoms with van der Waals surface area (Å²) in [4.78, 5) is 36.0. The van der Waals surface area contributed by atoms with Gasteiger partial charge in [-0.1, -0.05) is 123 Å². The molecule has 0 rings (SSSR count). The molecule has 264 valence electrons. The largest absolute Gasteiger partial charge is 0.481 e. The molecule has 0 aromatic heterocycles. The van der Waals surface area contributed by atoms with Crippen LogP contribution in [0.1, 0.15) is 169 Å². The van der Waals surface area contributed by atoms with Crippen molar-refractivity contribution in [1.29, 1.82) is 0 Å². The summed E-state index contributed by atoms with van der Waals surface area (Å²) in [6.07, 6.45) is 29.9. The molecule has 0 heterocycles. The molecular weight excluding hydrogens is 566 g/mol. The Balaban J connectivity index is 4.50. The number of nitrogens with zero attached hydrogens (tertiary/aromatic N) is 1. The van der Waals surface area contributed by atoms with E-state index < -0.39 is 35.7 Å². The van der Waals surface area contributed by atoms with E-state index in [-0.39, 0.29) is 24.1 Å². The van der Waals surface area contributed by atoms with E-state index in [9.17, 15) is 29.7 Å². The molecule has 45 heavy (non-hydrogen) atoms. The van der Waals surface area contributed by atoms with E-state index in [0.29, 0.717) is 25.8 Å². The van der Waals surface area contributed by atoms with Gasteiger partial charge in [0.2, 0.25) is 0 Å². The van der Waals surface area contributed by atoms with Gasteiger partial charge in [-0.25, -0.2) is 0 Å². The summed E-state index contributed by atoms with van der Waals surface area (Å²) in [5.41, 5.74) is 0. The van der Waals surface area contributed by atoms with Gasteiger partial charge in [-0.3, -0.25) is 14.4 Å². The van der Waals surface area contributed by atoms with Gasteiger partial charge in [-0.15, -0.1) is 0 Å². The SMILES string of the molecule is CCCCCCCC/C=C/CCCCCCCCCCCCC[N+](CC(CC)C(=O)O)(CC(CC)C(=O)O)CC(CC)C(=O)O. The zero-order chi connectivity index (χ0) is 33.8. The molecule has 7 heteroatoms. The van der Waals surface area contributed by atoms with Gasteiger partial charge in [0.05, 0.1) is 26.2 Å². The van der Waals surface area contributed by atoms with Crippen LogP contribution >= 0.6 is 0 Å². The molecule has 0 fully saturated rings. The summed E-state index contributed by atoms with van der Waals surface area (Å²) >= 11 is 0. The lowest BCUT2D eigenvalue weighted by Gasteiger charge is -2.43. The molecule has 0 aromatic carbocycles. The maximum atomic E-state index is 12.0. The van der Waals surface area contributed by atoms with Crippen LogP contribution in [-0.2, 0) is 14.4 Å². The number of unbranched alkanes of at least 4 members (excludes halogenated alkanes) is 17. The van der Waals surface area contributed by atoms with Crippen LogP contribution in [0.2, 0.25) is 0 Å². The number of carbonyl (C=O) groups is 3. The Kier molecular flexibility index (Phi) is 27.2. The molecule has 0 saturated heterocycles. The number of hydrogen-bond donors (Lipinski definition) is 3. The third-order valence-electron chi connectivity index (χ3n) is 9.74. The number of carboxylic acid groups (broad SMARTS) is 3. The zero-order valence-electron chi connectivity index (χ0n) is 29.8. The lowest BCUT2D eigenvalue weighted by Crippen LogP contribution is -2.58. The number of quaternary nitrogens is 1. The van der Waals surface area contributed by atoms with Crippen molar-refractivity contribution in [3.05, 3.63) is 12.2 Å². The van der Waals surface area contributed by atoms with Crippen LogP contribution in [0.3, 0.4) is 0 Å². The summed E-state index contributed by atoms with van der Waals surface area (Å²) < 4.78 is 0.259.